The van der Waals surface area contributed by atoms with Gasteiger partial charge in [0.1, 0.15) is 5.82 Å². The van der Waals surface area contributed by atoms with Crippen LogP contribution >= 0.6 is 35.0 Å². The molecule has 0 fully saturated rings. The summed E-state index contributed by atoms with van der Waals surface area (Å²) in [7, 11) is 0. The van der Waals surface area contributed by atoms with Crippen LogP contribution in [0.25, 0.3) is 17.3 Å². The second-order valence-corrected chi connectivity index (χ2v) is 11.1. The fraction of sp³-hybridized carbons (Fsp3) is 0.172. The normalized spacial score (nSPS) is 19.3. The lowest BCUT2D eigenvalue weighted by Gasteiger charge is -2.20. The summed E-state index contributed by atoms with van der Waals surface area (Å²) in [5.74, 6) is 0.582. The van der Waals surface area contributed by atoms with E-state index in [0.29, 0.717) is 33.7 Å². The summed E-state index contributed by atoms with van der Waals surface area (Å²) < 4.78 is 15.2. The van der Waals surface area contributed by atoms with Crippen LogP contribution < -0.4 is 5.32 Å². The van der Waals surface area contributed by atoms with Gasteiger partial charge < -0.3 is 10.4 Å². The van der Waals surface area contributed by atoms with Crippen molar-refractivity contribution in [1.29, 1.82) is 0 Å². The number of nitrogens with zero attached hydrogens (tertiary/aromatic N) is 2. The molecule has 192 valence electrons. The third-order valence-corrected chi connectivity index (χ3v) is 8.39. The van der Waals surface area contributed by atoms with Gasteiger partial charge in [-0.1, -0.05) is 59.6 Å². The number of carbonyl (C=O) groups is 1. The fourth-order valence-electron chi connectivity index (χ4n) is 5.09. The quantitative estimate of drug-likeness (QED) is 0.296. The number of carbonyl (C=O) groups excluding carboxylic acids is 1. The van der Waals surface area contributed by atoms with Crippen LogP contribution in [-0.2, 0) is 12.2 Å². The summed E-state index contributed by atoms with van der Waals surface area (Å²) in [4.78, 5) is 13.7. The van der Waals surface area contributed by atoms with Crippen LogP contribution in [0, 0.1) is 5.82 Å². The Labute approximate surface area is 233 Å². The third kappa shape index (κ3) is 4.64. The van der Waals surface area contributed by atoms with Gasteiger partial charge in [0.05, 0.1) is 28.5 Å². The SMILES string of the molecule is O=C(N[C@H]1c2ccccc2C[C@H]1O)c1nn(-c2ccc(Cl)cc2Cl)c2c1CSCC2=Cc1ccc(F)cc1. The largest absolute Gasteiger partial charge is 0.390 e. The topological polar surface area (TPSA) is 67.2 Å². The first kappa shape index (κ1) is 25.2. The van der Waals surface area contributed by atoms with E-state index in [1.807, 2.05) is 30.3 Å². The van der Waals surface area contributed by atoms with Crippen LogP contribution in [0.1, 0.15) is 44.5 Å². The number of hydrogen-bond acceptors (Lipinski definition) is 4. The highest BCUT2D eigenvalue weighted by Crippen LogP contribution is 2.39. The average molecular weight is 566 g/mol. The van der Waals surface area contributed by atoms with Gasteiger partial charge in [-0.15, -0.1) is 0 Å². The lowest BCUT2D eigenvalue weighted by atomic mass is 10.0. The van der Waals surface area contributed by atoms with Gasteiger partial charge >= 0.3 is 0 Å². The fourth-order valence-corrected chi connectivity index (χ4v) is 6.59. The van der Waals surface area contributed by atoms with E-state index in [9.17, 15) is 14.3 Å². The number of fused-ring (bicyclic) bond motifs is 2. The first-order valence-electron chi connectivity index (χ1n) is 12.1. The maximum atomic E-state index is 13.7. The molecule has 1 amide bonds. The highest BCUT2D eigenvalue weighted by Gasteiger charge is 2.35. The summed E-state index contributed by atoms with van der Waals surface area (Å²) in [6.45, 7) is 0. The summed E-state index contributed by atoms with van der Waals surface area (Å²) in [6, 6.07) is 18.6. The van der Waals surface area contributed by atoms with Crippen molar-refractivity contribution in [1.82, 2.24) is 15.1 Å². The molecule has 0 saturated carbocycles. The zero-order chi connectivity index (χ0) is 26.4. The third-order valence-electron chi connectivity index (χ3n) is 6.85. The Hall–Kier alpha value is -3.10. The number of amides is 1. The number of nitrogens with one attached hydrogen (secondary N) is 1. The van der Waals surface area contributed by atoms with Crippen LogP contribution in [-0.4, -0.2) is 32.7 Å². The molecule has 2 heterocycles. The Bertz CT molecular complexity index is 1590. The first-order chi connectivity index (χ1) is 18.4. The predicted octanol–water partition coefficient (Wildman–Crippen LogP) is 6.49. The number of benzene rings is 3. The molecule has 1 aliphatic carbocycles. The van der Waals surface area contributed by atoms with Crippen molar-refractivity contribution in [2.45, 2.75) is 24.3 Å². The van der Waals surface area contributed by atoms with E-state index in [2.05, 4.69) is 5.32 Å². The van der Waals surface area contributed by atoms with Crippen LogP contribution in [0.2, 0.25) is 10.0 Å². The number of halogens is 3. The Kier molecular flexibility index (Phi) is 6.78. The molecule has 3 aromatic carbocycles. The second kappa shape index (κ2) is 10.2. The molecule has 6 rings (SSSR count). The maximum absolute atomic E-state index is 13.7. The van der Waals surface area contributed by atoms with E-state index < -0.39 is 12.1 Å². The lowest BCUT2D eigenvalue weighted by molar-refractivity contribution is 0.0852. The summed E-state index contributed by atoms with van der Waals surface area (Å²) in [5, 5.41) is 19.4. The molecular formula is C29H22Cl2FN3O2S. The molecular weight excluding hydrogens is 544 g/mol. The van der Waals surface area contributed by atoms with E-state index >= 15 is 0 Å². The van der Waals surface area contributed by atoms with Gasteiger partial charge in [0.2, 0.25) is 0 Å². The molecule has 2 aliphatic rings. The number of aromatic nitrogens is 2. The summed E-state index contributed by atoms with van der Waals surface area (Å²) >= 11 is 14.4. The van der Waals surface area contributed by atoms with Crippen molar-refractivity contribution in [3.05, 3.63) is 116 Å². The second-order valence-electron chi connectivity index (χ2n) is 9.32. The smallest absolute Gasteiger partial charge is 0.272 e. The number of thioether (sulfide) groups is 1. The Balaban J connectivity index is 1.46. The summed E-state index contributed by atoms with van der Waals surface area (Å²) in [6.07, 6.45) is 1.74. The Morgan fingerprint density at radius 2 is 1.89 bits per heavy atom. The first-order valence-corrected chi connectivity index (χ1v) is 14.0. The summed E-state index contributed by atoms with van der Waals surface area (Å²) in [5.41, 5.74) is 6.12. The molecule has 38 heavy (non-hydrogen) atoms. The maximum Gasteiger partial charge on any atom is 0.272 e. The van der Waals surface area contributed by atoms with Crippen molar-refractivity contribution in [3.8, 4) is 5.69 Å². The van der Waals surface area contributed by atoms with Gasteiger partial charge in [0.25, 0.3) is 5.91 Å². The van der Waals surface area contributed by atoms with Gasteiger partial charge in [0, 0.05) is 28.5 Å². The van der Waals surface area contributed by atoms with Crippen LogP contribution in [0.3, 0.4) is 0 Å². The van der Waals surface area contributed by atoms with E-state index in [1.165, 1.54) is 12.1 Å². The zero-order valence-corrected chi connectivity index (χ0v) is 22.3. The van der Waals surface area contributed by atoms with Crippen molar-refractivity contribution in [2.24, 2.45) is 0 Å². The molecule has 0 bridgehead atoms. The molecule has 1 aliphatic heterocycles. The predicted molar refractivity (Wildman–Crippen MR) is 150 cm³/mol. The molecule has 0 unspecified atom stereocenters. The highest BCUT2D eigenvalue weighted by molar-refractivity contribution is 7.99. The molecule has 5 nitrogen and oxygen atoms in total. The number of aliphatic hydroxyl groups is 1. The number of hydrogen-bond donors (Lipinski definition) is 2. The molecule has 0 saturated heterocycles. The minimum atomic E-state index is -0.719. The van der Waals surface area contributed by atoms with E-state index in [-0.39, 0.29) is 17.4 Å². The van der Waals surface area contributed by atoms with Crippen molar-refractivity contribution in [2.75, 3.05) is 5.75 Å². The minimum Gasteiger partial charge on any atom is -0.390 e. The van der Waals surface area contributed by atoms with Crippen molar-refractivity contribution in [3.63, 3.8) is 0 Å². The van der Waals surface area contributed by atoms with Gasteiger partial charge in [-0.05, 0) is 58.7 Å². The van der Waals surface area contributed by atoms with Crippen molar-refractivity contribution < 1.29 is 14.3 Å². The Morgan fingerprint density at radius 1 is 1.11 bits per heavy atom. The van der Waals surface area contributed by atoms with E-state index in [4.69, 9.17) is 28.3 Å². The van der Waals surface area contributed by atoms with Crippen molar-refractivity contribution >= 4 is 52.5 Å². The van der Waals surface area contributed by atoms with Crippen LogP contribution in [0.4, 0.5) is 4.39 Å². The Morgan fingerprint density at radius 3 is 2.68 bits per heavy atom. The molecule has 2 atom stereocenters. The molecule has 0 radical (unpaired) electrons. The van der Waals surface area contributed by atoms with E-state index in [1.54, 1.807) is 46.8 Å². The standard InChI is InChI=1S/C29H22Cl2FN3O2S/c30-19-7-10-24(23(31)13-19)35-28-18(11-16-5-8-20(32)9-6-16)14-38-15-22(28)27(34-35)29(37)33-26-21-4-2-1-3-17(21)12-25(26)36/h1-11,13,25-26,36H,12,14-15H2,(H,33,37)/t25-,26+/m1/s1. The molecule has 0 spiro atoms. The number of rotatable bonds is 4. The molecule has 4 aromatic rings. The van der Waals surface area contributed by atoms with Crippen LogP contribution in [0.15, 0.2) is 66.7 Å². The molecule has 1 aromatic heterocycles. The monoisotopic (exact) mass is 565 g/mol. The highest BCUT2D eigenvalue weighted by atomic mass is 35.5. The zero-order valence-electron chi connectivity index (χ0n) is 20.0. The van der Waals surface area contributed by atoms with Gasteiger partial charge in [-0.25, -0.2) is 9.07 Å². The van der Waals surface area contributed by atoms with Gasteiger partial charge in [0.15, 0.2) is 5.69 Å². The average Bonchev–Trinajstić information content (AvgIpc) is 3.44. The van der Waals surface area contributed by atoms with E-state index in [0.717, 1.165) is 33.5 Å². The van der Waals surface area contributed by atoms with Gasteiger partial charge in [-0.2, -0.15) is 16.9 Å². The minimum absolute atomic E-state index is 0.278. The van der Waals surface area contributed by atoms with Gasteiger partial charge in [-0.3, -0.25) is 4.79 Å². The lowest BCUT2D eigenvalue weighted by Crippen LogP contribution is -2.34. The van der Waals surface area contributed by atoms with Crippen LogP contribution in [0.5, 0.6) is 0 Å². The molecule has 2 N–H and O–H groups in total. The number of aliphatic hydroxyl groups excluding tert-OH is 1. The molecule has 9 heteroatoms.